The molecular weight excluding hydrogens is 797 g/mol. The highest BCUT2D eigenvalue weighted by atomic mass is 31.1. The third kappa shape index (κ3) is 39.7. The number of ether oxygens (including phenoxy) is 6. The van der Waals surface area contributed by atoms with Crippen LogP contribution in [0.25, 0.3) is 0 Å². The van der Waals surface area contributed by atoms with E-state index in [4.69, 9.17) is 28.9 Å². The van der Waals surface area contributed by atoms with Crippen molar-refractivity contribution in [2.24, 2.45) is 17.8 Å². The predicted octanol–water partition coefficient (Wildman–Crippen LogP) is 10.6. The Labute approximate surface area is 368 Å². The molecule has 0 aliphatic carbocycles. The van der Waals surface area contributed by atoms with Crippen molar-refractivity contribution in [3.05, 3.63) is 151 Å². The number of hydrogen-bond acceptors (Lipinski definition) is 12. The van der Waals surface area contributed by atoms with Crippen molar-refractivity contribution in [1.82, 2.24) is 4.98 Å². The van der Waals surface area contributed by atoms with Gasteiger partial charge >= 0.3 is 8.25 Å². The molecule has 0 aliphatic heterocycles. The van der Waals surface area contributed by atoms with Crippen molar-refractivity contribution < 1.29 is 54.0 Å². The van der Waals surface area contributed by atoms with Crippen LogP contribution in [0.3, 0.4) is 0 Å². The first kappa shape index (κ1) is 58.9. The standard InChI is InChI=1S/C14H22O2.C13H18O.C12H16O.C5H5N.C4H10O3.HO4P.H2/c1-12(11-14(15-2)16-3)9-10-13-7-5-4-6-8-13;1-12(10-11-14-2)8-9-13-6-4-3-5-7-13;1-11(9-10-13)7-8-12-5-3-2-4-6-12;1-2-4-6-5-3-1;1-5-4(6-2)7-3;1-4-5(2)3;/h4-8,12,14H,9-11H2,1-3H3;3-7,10-12H,8-9H2,1-2H3;2-6,10-11H,7-9H2,1H3;1-5H;4H,1-3H3;1H;1H/b;11-10+;;;;;. The second-order valence-electron chi connectivity index (χ2n) is 13.7. The average Bonchev–Trinajstić information content (AvgIpc) is 3.31. The second kappa shape index (κ2) is 43.9. The first-order valence-electron chi connectivity index (χ1n) is 20.2. The fourth-order valence-electron chi connectivity index (χ4n) is 5.08. The minimum Gasteiger partial charge on any atom is -0.565 e. The highest BCUT2D eigenvalue weighted by Crippen LogP contribution is 2.16. The zero-order valence-corrected chi connectivity index (χ0v) is 38.6. The normalized spacial score (nSPS) is 11.9. The maximum absolute atomic E-state index is 10.2. The molecule has 12 nitrogen and oxygen atoms in total. The van der Waals surface area contributed by atoms with Crippen molar-refractivity contribution in [2.45, 2.75) is 84.9 Å². The van der Waals surface area contributed by atoms with Crippen LogP contribution in [0.1, 0.15) is 71.0 Å². The molecule has 1 aromatic heterocycles. The molecule has 0 amide bonds. The number of carbonyl (C=O) groups is 1. The molecule has 1 N–H and O–H groups in total. The lowest BCUT2D eigenvalue weighted by Crippen LogP contribution is -2.17. The Bertz CT molecular complexity index is 1490. The van der Waals surface area contributed by atoms with Crippen LogP contribution in [0.5, 0.6) is 0 Å². The van der Waals surface area contributed by atoms with Gasteiger partial charge in [0, 0.05) is 66.9 Å². The van der Waals surface area contributed by atoms with E-state index in [2.05, 4.69) is 136 Å². The summed E-state index contributed by atoms with van der Waals surface area (Å²) in [6, 6.07) is 37.3. The van der Waals surface area contributed by atoms with Gasteiger partial charge in [0.05, 0.1) is 13.4 Å². The van der Waals surface area contributed by atoms with Crippen LogP contribution < -0.4 is 4.89 Å². The summed E-state index contributed by atoms with van der Waals surface area (Å²) in [5.41, 5.74) is 4.17. The molecule has 0 saturated carbocycles. The van der Waals surface area contributed by atoms with Gasteiger partial charge < -0.3 is 38.1 Å². The Morgan fingerprint density at radius 2 is 1.03 bits per heavy atom. The summed E-state index contributed by atoms with van der Waals surface area (Å²) < 4.78 is 40.7. The lowest BCUT2D eigenvalue weighted by atomic mass is 9.98. The van der Waals surface area contributed by atoms with E-state index in [1.807, 2.05) is 24.3 Å². The zero-order chi connectivity index (χ0) is 45.8. The average molecular weight is 872 g/mol. The number of methoxy groups -OCH3 is 6. The van der Waals surface area contributed by atoms with Gasteiger partial charge in [-0.1, -0.05) is 118 Å². The van der Waals surface area contributed by atoms with Gasteiger partial charge in [0.2, 0.25) is 0 Å². The van der Waals surface area contributed by atoms with E-state index in [-0.39, 0.29) is 7.72 Å². The molecule has 61 heavy (non-hydrogen) atoms. The molecule has 0 bridgehead atoms. The van der Waals surface area contributed by atoms with Crippen LogP contribution in [-0.2, 0) is 61.7 Å². The maximum Gasteiger partial charge on any atom is 0.521 e. The summed E-state index contributed by atoms with van der Waals surface area (Å²) in [6.07, 6.45) is 16.7. The predicted molar refractivity (Wildman–Crippen MR) is 244 cm³/mol. The number of carbonyl (C=O) groups excluding carboxylic acids is 1. The van der Waals surface area contributed by atoms with Gasteiger partial charge in [-0.05, 0) is 95.7 Å². The topological polar surface area (TPSA) is 155 Å². The summed E-state index contributed by atoms with van der Waals surface area (Å²) >= 11 is 0. The Balaban J connectivity index is -0.000000703. The van der Waals surface area contributed by atoms with Crippen molar-refractivity contribution in [3.8, 4) is 0 Å². The van der Waals surface area contributed by atoms with Crippen LogP contribution in [0.4, 0.5) is 0 Å². The highest BCUT2D eigenvalue weighted by Gasteiger charge is 2.11. The van der Waals surface area contributed by atoms with E-state index in [0.717, 1.165) is 38.4 Å². The maximum atomic E-state index is 10.2. The van der Waals surface area contributed by atoms with Crippen LogP contribution in [0, 0.1) is 17.8 Å². The molecule has 0 fully saturated rings. The molecular formula is C48H74NO11P. The van der Waals surface area contributed by atoms with Crippen LogP contribution in [-0.4, -0.2) is 72.0 Å². The SMILES string of the molecule is CC(CC=O)CCc1ccccc1.CO/C=C/C(C)CCc1ccccc1.COC(CC(C)CCc1ccccc1)OC.COC(OC)OC.O=[P+]([O-])OO.[HH].c1ccncc1. The summed E-state index contributed by atoms with van der Waals surface area (Å²) in [5, 5.41) is 7.05. The van der Waals surface area contributed by atoms with E-state index < -0.39 is 14.7 Å². The number of aromatic nitrogens is 1. The summed E-state index contributed by atoms with van der Waals surface area (Å²) in [6.45, 7) is 6.06. The number of pyridine rings is 1. The molecule has 4 aromatic rings. The number of aldehydes is 1. The second-order valence-corrected chi connectivity index (χ2v) is 14.3. The van der Waals surface area contributed by atoms with Gasteiger partial charge in [0.1, 0.15) is 6.29 Å². The van der Waals surface area contributed by atoms with E-state index in [9.17, 15) is 4.79 Å². The Kier molecular flexibility index (Phi) is 42.4. The third-order valence-corrected chi connectivity index (χ3v) is 8.77. The quantitative estimate of drug-likeness (QED) is 0.0212. The molecule has 1 heterocycles. The first-order chi connectivity index (χ1) is 29.5. The Morgan fingerprint density at radius 3 is 1.33 bits per heavy atom. The number of rotatable bonds is 21. The molecule has 0 saturated heterocycles. The van der Waals surface area contributed by atoms with Crippen molar-refractivity contribution in [2.75, 3.05) is 42.7 Å². The molecule has 4 unspecified atom stereocenters. The molecule has 0 spiro atoms. The van der Waals surface area contributed by atoms with Crippen molar-refractivity contribution >= 4 is 14.5 Å². The molecule has 4 rings (SSSR count). The van der Waals surface area contributed by atoms with Gasteiger partial charge in [0.25, 0.3) is 6.48 Å². The van der Waals surface area contributed by atoms with Gasteiger partial charge in [-0.2, -0.15) is 0 Å². The number of allylic oxidation sites excluding steroid dienone is 1. The van der Waals surface area contributed by atoms with E-state index in [0.29, 0.717) is 24.2 Å². The van der Waals surface area contributed by atoms with Gasteiger partial charge in [-0.25, -0.2) is 5.26 Å². The number of hydrogen-bond donors (Lipinski definition) is 1. The Morgan fingerprint density at radius 1 is 0.639 bits per heavy atom. The van der Waals surface area contributed by atoms with Crippen LogP contribution in [0.15, 0.2) is 134 Å². The minimum atomic E-state index is -3.04. The largest absolute Gasteiger partial charge is 0.565 e. The highest BCUT2D eigenvalue weighted by molar-refractivity contribution is 7.30. The van der Waals surface area contributed by atoms with E-state index >= 15 is 0 Å². The Hall–Kier alpha value is -4.20. The number of benzene rings is 3. The molecule has 0 radical (unpaired) electrons. The van der Waals surface area contributed by atoms with Crippen LogP contribution >= 0.6 is 8.25 Å². The van der Waals surface area contributed by atoms with Crippen LogP contribution in [0.2, 0.25) is 0 Å². The smallest absolute Gasteiger partial charge is 0.521 e. The summed E-state index contributed by atoms with van der Waals surface area (Å²) in [5.74, 6) is 1.71. The molecule has 3 aromatic carbocycles. The first-order valence-corrected chi connectivity index (χ1v) is 21.3. The van der Waals surface area contributed by atoms with Crippen molar-refractivity contribution in [3.63, 3.8) is 0 Å². The molecule has 13 heteroatoms. The summed E-state index contributed by atoms with van der Waals surface area (Å²) in [7, 11) is 6.56. The molecule has 342 valence electrons. The van der Waals surface area contributed by atoms with Gasteiger partial charge in [0.15, 0.2) is 6.29 Å². The number of nitrogens with zero attached hydrogens (tertiary/aromatic N) is 1. The van der Waals surface area contributed by atoms with Gasteiger partial charge in [-0.15, -0.1) is 0 Å². The third-order valence-electron chi connectivity index (χ3n) is 8.64. The summed E-state index contributed by atoms with van der Waals surface area (Å²) in [4.78, 5) is 22.9. The van der Waals surface area contributed by atoms with Gasteiger partial charge in [-0.3, -0.25) is 4.98 Å². The van der Waals surface area contributed by atoms with E-state index in [1.54, 1.807) is 40.0 Å². The fourth-order valence-corrected chi connectivity index (χ4v) is 5.08. The molecule has 0 aliphatic rings. The number of aryl methyl sites for hydroxylation is 3. The lowest BCUT2D eigenvalue weighted by molar-refractivity contribution is -0.252. The monoisotopic (exact) mass is 871 g/mol. The lowest BCUT2D eigenvalue weighted by Gasteiger charge is -2.18. The fraction of sp³-hybridized carbons (Fsp3) is 0.458. The zero-order valence-electron chi connectivity index (χ0n) is 37.7. The minimum absolute atomic E-state index is 0. The van der Waals surface area contributed by atoms with Crippen molar-refractivity contribution in [1.29, 1.82) is 0 Å². The van der Waals surface area contributed by atoms with E-state index in [1.165, 1.54) is 50.9 Å². The molecule has 4 atom stereocenters.